The number of anilines is 1. The molecule has 0 amide bonds. The summed E-state index contributed by atoms with van der Waals surface area (Å²) >= 11 is 3.06. The molecule has 2 nitrogen and oxygen atoms in total. The van der Waals surface area contributed by atoms with Crippen LogP contribution in [0.15, 0.2) is 40.9 Å². The average molecular weight is 337 g/mol. The first-order valence-electron chi connectivity index (χ1n) is 5.87. The minimum absolute atomic E-state index is 0.123. The van der Waals surface area contributed by atoms with Crippen LogP contribution >= 0.6 is 15.9 Å². The van der Waals surface area contributed by atoms with Crippen LogP contribution in [0.1, 0.15) is 11.1 Å². The standard InChI is InChI=1S/C15H11BrF2N2/c1-20(9-11-4-2-3-5-12(11)17)13-7-6-10(8-19)14(16)15(13)18/h2-7H,9H2,1H3. The topological polar surface area (TPSA) is 27.0 Å². The molecule has 20 heavy (non-hydrogen) atoms. The summed E-state index contributed by atoms with van der Waals surface area (Å²) in [4.78, 5) is 1.60. The Balaban J connectivity index is 2.31. The lowest BCUT2D eigenvalue weighted by molar-refractivity contribution is 0.599. The molecule has 0 heterocycles. The lowest BCUT2D eigenvalue weighted by Gasteiger charge is -2.21. The van der Waals surface area contributed by atoms with E-state index in [1.165, 1.54) is 18.2 Å². The van der Waals surface area contributed by atoms with Gasteiger partial charge in [0.15, 0.2) is 5.82 Å². The molecule has 2 aromatic carbocycles. The fraction of sp³-hybridized carbons (Fsp3) is 0.133. The zero-order chi connectivity index (χ0) is 14.7. The van der Waals surface area contributed by atoms with E-state index in [2.05, 4.69) is 15.9 Å². The summed E-state index contributed by atoms with van der Waals surface area (Å²) in [6.07, 6.45) is 0. The molecule has 0 aliphatic carbocycles. The Bertz CT molecular complexity index is 680. The number of hydrogen-bond donors (Lipinski definition) is 0. The normalized spacial score (nSPS) is 10.2. The van der Waals surface area contributed by atoms with E-state index in [1.807, 2.05) is 6.07 Å². The van der Waals surface area contributed by atoms with E-state index in [1.54, 1.807) is 30.1 Å². The number of halogens is 3. The van der Waals surface area contributed by atoms with Crippen molar-refractivity contribution in [3.63, 3.8) is 0 Å². The molecular formula is C15H11BrF2N2. The molecule has 0 unspecified atom stereocenters. The minimum atomic E-state index is -0.525. The summed E-state index contributed by atoms with van der Waals surface area (Å²) < 4.78 is 27.9. The van der Waals surface area contributed by atoms with Gasteiger partial charge in [-0.2, -0.15) is 5.26 Å². The number of rotatable bonds is 3. The van der Waals surface area contributed by atoms with Crippen LogP contribution in [-0.2, 0) is 6.54 Å². The van der Waals surface area contributed by atoms with Crippen LogP contribution < -0.4 is 4.90 Å². The van der Waals surface area contributed by atoms with Crippen molar-refractivity contribution in [1.29, 1.82) is 5.26 Å². The van der Waals surface area contributed by atoms with Gasteiger partial charge in [0.1, 0.15) is 11.9 Å². The monoisotopic (exact) mass is 336 g/mol. The van der Waals surface area contributed by atoms with E-state index in [9.17, 15) is 8.78 Å². The van der Waals surface area contributed by atoms with Crippen LogP contribution in [0, 0.1) is 23.0 Å². The molecule has 0 fully saturated rings. The Labute approximate surface area is 124 Å². The van der Waals surface area contributed by atoms with Gasteiger partial charge in [0.2, 0.25) is 0 Å². The fourth-order valence-electron chi connectivity index (χ4n) is 1.89. The number of nitrogens with zero attached hydrogens (tertiary/aromatic N) is 2. The van der Waals surface area contributed by atoms with Gasteiger partial charge in [0.05, 0.1) is 15.7 Å². The largest absolute Gasteiger partial charge is 0.368 e. The first kappa shape index (κ1) is 14.5. The number of nitriles is 1. The predicted octanol–water partition coefficient (Wildman–Crippen LogP) is 4.24. The Kier molecular flexibility index (Phi) is 4.35. The summed E-state index contributed by atoms with van der Waals surface area (Å²) in [6.45, 7) is 0.238. The number of benzene rings is 2. The minimum Gasteiger partial charge on any atom is -0.368 e. The summed E-state index contributed by atoms with van der Waals surface area (Å²) in [5, 5.41) is 8.83. The van der Waals surface area contributed by atoms with E-state index in [-0.39, 0.29) is 22.4 Å². The maximum Gasteiger partial charge on any atom is 0.161 e. The summed E-state index contributed by atoms with van der Waals surface area (Å²) in [5.41, 5.74) is 1.01. The summed E-state index contributed by atoms with van der Waals surface area (Å²) in [5.74, 6) is -0.852. The predicted molar refractivity (Wildman–Crippen MR) is 77.3 cm³/mol. The van der Waals surface area contributed by atoms with Gasteiger partial charge in [-0.3, -0.25) is 0 Å². The summed E-state index contributed by atoms with van der Waals surface area (Å²) in [6, 6.07) is 11.3. The van der Waals surface area contributed by atoms with Gasteiger partial charge >= 0.3 is 0 Å². The van der Waals surface area contributed by atoms with Crippen molar-refractivity contribution >= 4 is 21.6 Å². The van der Waals surface area contributed by atoms with Crippen molar-refractivity contribution in [2.45, 2.75) is 6.54 Å². The zero-order valence-electron chi connectivity index (χ0n) is 10.7. The van der Waals surface area contributed by atoms with Crippen LogP contribution in [-0.4, -0.2) is 7.05 Å². The molecule has 0 spiro atoms. The third kappa shape index (κ3) is 2.81. The van der Waals surface area contributed by atoms with E-state index in [0.717, 1.165) is 0 Å². The van der Waals surface area contributed by atoms with Gasteiger partial charge in [0.25, 0.3) is 0 Å². The van der Waals surface area contributed by atoms with E-state index >= 15 is 0 Å². The second-order valence-electron chi connectivity index (χ2n) is 4.32. The highest BCUT2D eigenvalue weighted by molar-refractivity contribution is 9.10. The van der Waals surface area contributed by atoms with Crippen molar-refractivity contribution in [2.24, 2.45) is 0 Å². The molecule has 0 aromatic heterocycles. The SMILES string of the molecule is CN(Cc1ccccc1F)c1ccc(C#N)c(Br)c1F. The maximum atomic E-state index is 14.2. The van der Waals surface area contributed by atoms with Gasteiger partial charge in [-0.25, -0.2) is 8.78 Å². The molecule has 0 atom stereocenters. The third-order valence-electron chi connectivity index (χ3n) is 2.96. The van der Waals surface area contributed by atoms with Gasteiger partial charge in [-0.1, -0.05) is 18.2 Å². The molecule has 0 bridgehead atoms. The maximum absolute atomic E-state index is 14.2. The molecule has 0 saturated carbocycles. The van der Waals surface area contributed by atoms with Crippen LogP contribution in [0.4, 0.5) is 14.5 Å². The Morgan fingerprint density at radius 3 is 2.55 bits per heavy atom. The zero-order valence-corrected chi connectivity index (χ0v) is 12.3. The second kappa shape index (κ2) is 6.02. The molecule has 0 radical (unpaired) electrons. The van der Waals surface area contributed by atoms with Crippen molar-refractivity contribution < 1.29 is 8.78 Å². The van der Waals surface area contributed by atoms with Crippen LogP contribution in [0.25, 0.3) is 0 Å². The molecule has 2 aromatic rings. The molecule has 0 aliphatic rings. The number of hydrogen-bond acceptors (Lipinski definition) is 2. The van der Waals surface area contributed by atoms with E-state index in [0.29, 0.717) is 11.3 Å². The van der Waals surface area contributed by atoms with E-state index in [4.69, 9.17) is 5.26 Å². The van der Waals surface area contributed by atoms with Crippen molar-refractivity contribution in [1.82, 2.24) is 0 Å². The fourth-order valence-corrected chi connectivity index (χ4v) is 2.31. The van der Waals surface area contributed by atoms with Crippen LogP contribution in [0.5, 0.6) is 0 Å². The Morgan fingerprint density at radius 1 is 1.20 bits per heavy atom. The van der Waals surface area contributed by atoms with Crippen LogP contribution in [0.2, 0.25) is 0 Å². The summed E-state index contributed by atoms with van der Waals surface area (Å²) in [7, 11) is 1.67. The lowest BCUT2D eigenvalue weighted by Crippen LogP contribution is -2.18. The van der Waals surface area contributed by atoms with Crippen molar-refractivity contribution in [3.8, 4) is 6.07 Å². The first-order chi connectivity index (χ1) is 9.54. The molecule has 0 aliphatic heterocycles. The highest BCUT2D eigenvalue weighted by atomic mass is 79.9. The molecule has 0 saturated heterocycles. The molecular weight excluding hydrogens is 326 g/mol. The van der Waals surface area contributed by atoms with Crippen molar-refractivity contribution in [2.75, 3.05) is 11.9 Å². The van der Waals surface area contributed by atoms with Gasteiger partial charge < -0.3 is 4.90 Å². The Hall–Kier alpha value is -1.93. The van der Waals surface area contributed by atoms with Gasteiger partial charge in [0, 0.05) is 19.2 Å². The quantitative estimate of drug-likeness (QED) is 0.838. The third-order valence-corrected chi connectivity index (χ3v) is 3.73. The van der Waals surface area contributed by atoms with E-state index < -0.39 is 5.82 Å². The molecule has 0 N–H and O–H groups in total. The Morgan fingerprint density at radius 2 is 1.90 bits per heavy atom. The average Bonchev–Trinajstić information content (AvgIpc) is 2.44. The molecule has 102 valence electrons. The van der Waals surface area contributed by atoms with Gasteiger partial charge in [-0.05, 0) is 34.1 Å². The highest BCUT2D eigenvalue weighted by Gasteiger charge is 2.15. The first-order valence-corrected chi connectivity index (χ1v) is 6.66. The van der Waals surface area contributed by atoms with Crippen LogP contribution in [0.3, 0.4) is 0 Å². The molecule has 2 rings (SSSR count). The van der Waals surface area contributed by atoms with Crippen molar-refractivity contribution in [3.05, 3.63) is 63.6 Å². The molecule has 5 heteroatoms. The lowest BCUT2D eigenvalue weighted by atomic mass is 10.1. The smallest absolute Gasteiger partial charge is 0.161 e. The second-order valence-corrected chi connectivity index (χ2v) is 5.11. The van der Waals surface area contributed by atoms with Gasteiger partial charge in [-0.15, -0.1) is 0 Å². The highest BCUT2D eigenvalue weighted by Crippen LogP contribution is 2.29.